The molecule has 0 amide bonds. The molecule has 3 heterocycles. The van der Waals surface area contributed by atoms with E-state index in [1.807, 2.05) is 6.07 Å². The van der Waals surface area contributed by atoms with Gasteiger partial charge in [-0.25, -0.2) is 4.98 Å². The highest BCUT2D eigenvalue weighted by molar-refractivity contribution is 6.00. The van der Waals surface area contributed by atoms with Crippen LogP contribution in [0.3, 0.4) is 0 Å². The predicted octanol–water partition coefficient (Wildman–Crippen LogP) is 6.42. The van der Waals surface area contributed by atoms with Crippen LogP contribution in [0.4, 0.5) is 11.4 Å². The van der Waals surface area contributed by atoms with Crippen molar-refractivity contribution in [3.8, 4) is 28.1 Å². The topological polar surface area (TPSA) is 29.9 Å². The molecular weight excluding hydrogens is 342 g/mol. The predicted molar refractivity (Wildman–Crippen MR) is 115 cm³/mol. The Labute approximate surface area is 162 Å². The van der Waals surface area contributed by atoms with Crippen LogP contribution in [-0.2, 0) is 0 Å². The molecule has 3 heteroatoms. The summed E-state index contributed by atoms with van der Waals surface area (Å²) in [5.41, 5.74) is 9.90. The SMILES string of the molecule is c1ccc(-n2ccc3nc4c(cc32)-c2ccccc2Nc2ccccc2-4)cc1. The van der Waals surface area contributed by atoms with Crippen molar-refractivity contribution in [2.24, 2.45) is 0 Å². The Hall–Kier alpha value is -3.85. The van der Waals surface area contributed by atoms with E-state index in [-0.39, 0.29) is 0 Å². The lowest BCUT2D eigenvalue weighted by molar-refractivity contribution is 1.13. The highest BCUT2D eigenvalue weighted by Gasteiger charge is 2.21. The number of nitrogens with zero attached hydrogens (tertiary/aromatic N) is 2. The molecule has 132 valence electrons. The summed E-state index contributed by atoms with van der Waals surface area (Å²) in [6.45, 7) is 0. The molecule has 0 bridgehead atoms. The first kappa shape index (κ1) is 15.2. The second kappa shape index (κ2) is 5.83. The van der Waals surface area contributed by atoms with Crippen molar-refractivity contribution in [2.45, 2.75) is 0 Å². The number of aromatic nitrogens is 2. The van der Waals surface area contributed by atoms with Gasteiger partial charge < -0.3 is 9.88 Å². The Kier molecular flexibility index (Phi) is 3.17. The normalized spacial score (nSPS) is 11.9. The molecule has 0 saturated carbocycles. The summed E-state index contributed by atoms with van der Waals surface area (Å²) in [7, 11) is 0. The summed E-state index contributed by atoms with van der Waals surface area (Å²) in [5, 5.41) is 3.60. The van der Waals surface area contributed by atoms with Crippen LogP contribution >= 0.6 is 0 Å². The zero-order valence-corrected chi connectivity index (χ0v) is 15.1. The number of pyridine rings is 1. The van der Waals surface area contributed by atoms with Gasteiger partial charge in [0.05, 0.1) is 16.7 Å². The van der Waals surface area contributed by atoms with E-state index in [0.717, 1.165) is 44.9 Å². The van der Waals surface area contributed by atoms with Crippen LogP contribution in [-0.4, -0.2) is 9.55 Å². The largest absolute Gasteiger partial charge is 0.354 e. The van der Waals surface area contributed by atoms with Crippen LogP contribution in [0.15, 0.2) is 97.2 Å². The number of rotatable bonds is 1. The molecule has 0 spiro atoms. The number of para-hydroxylation sites is 3. The average Bonchev–Trinajstić information content (AvgIpc) is 3.11. The standard InChI is InChI=1S/C25H17N3/c1-2-8-17(9-3-1)28-15-14-23-24(28)16-20-18-10-4-6-12-21(18)26-22-13-7-5-11-19(22)25(20)27-23/h1-16,26H. The fourth-order valence-electron chi connectivity index (χ4n) is 4.05. The van der Waals surface area contributed by atoms with Crippen molar-refractivity contribution in [3.63, 3.8) is 0 Å². The molecule has 5 aromatic rings. The molecule has 1 aliphatic rings. The molecule has 0 fully saturated rings. The summed E-state index contributed by atoms with van der Waals surface area (Å²) in [6, 6.07) is 31.6. The van der Waals surface area contributed by atoms with Crippen LogP contribution in [0.2, 0.25) is 0 Å². The summed E-state index contributed by atoms with van der Waals surface area (Å²) in [6.07, 6.45) is 2.10. The average molecular weight is 359 g/mol. The Morgan fingerprint density at radius 3 is 2.14 bits per heavy atom. The molecule has 0 atom stereocenters. The van der Waals surface area contributed by atoms with Gasteiger partial charge in [-0.1, -0.05) is 54.6 Å². The third-order valence-electron chi connectivity index (χ3n) is 5.38. The molecule has 0 saturated heterocycles. The Morgan fingerprint density at radius 2 is 1.32 bits per heavy atom. The van der Waals surface area contributed by atoms with E-state index in [9.17, 15) is 0 Å². The highest BCUT2D eigenvalue weighted by Crippen LogP contribution is 2.44. The first-order valence-electron chi connectivity index (χ1n) is 9.42. The maximum atomic E-state index is 5.10. The number of anilines is 2. The number of benzene rings is 3. The molecule has 2 aromatic heterocycles. The van der Waals surface area contributed by atoms with Crippen LogP contribution < -0.4 is 5.32 Å². The summed E-state index contributed by atoms with van der Waals surface area (Å²) in [4.78, 5) is 5.10. The maximum Gasteiger partial charge on any atom is 0.0892 e. The lowest BCUT2D eigenvalue weighted by Crippen LogP contribution is -1.94. The highest BCUT2D eigenvalue weighted by atomic mass is 15.0. The Morgan fingerprint density at radius 1 is 0.643 bits per heavy atom. The Balaban J connectivity index is 1.71. The van der Waals surface area contributed by atoms with Crippen LogP contribution in [0.25, 0.3) is 39.1 Å². The summed E-state index contributed by atoms with van der Waals surface area (Å²) < 4.78 is 2.20. The van der Waals surface area contributed by atoms with Crippen LogP contribution in [0.1, 0.15) is 0 Å². The molecular formula is C25H17N3. The Bertz CT molecular complexity index is 1330. The second-order valence-corrected chi connectivity index (χ2v) is 7.03. The molecule has 6 rings (SSSR count). The number of fused-ring (bicyclic) bond motifs is 6. The fourth-order valence-corrected chi connectivity index (χ4v) is 4.05. The minimum absolute atomic E-state index is 0.997. The van der Waals surface area contributed by atoms with Gasteiger partial charge in [0, 0.05) is 39.9 Å². The second-order valence-electron chi connectivity index (χ2n) is 7.03. The van der Waals surface area contributed by atoms with E-state index in [1.165, 1.54) is 5.56 Å². The van der Waals surface area contributed by atoms with E-state index < -0.39 is 0 Å². The van der Waals surface area contributed by atoms with Gasteiger partial charge in [-0.05, 0) is 36.4 Å². The minimum Gasteiger partial charge on any atom is -0.354 e. The zero-order valence-electron chi connectivity index (χ0n) is 15.1. The number of nitrogens with one attached hydrogen (secondary N) is 1. The summed E-state index contributed by atoms with van der Waals surface area (Å²) >= 11 is 0. The molecule has 3 nitrogen and oxygen atoms in total. The lowest BCUT2D eigenvalue weighted by Gasteiger charge is -2.11. The van der Waals surface area contributed by atoms with Gasteiger partial charge in [0.15, 0.2) is 0 Å². The van der Waals surface area contributed by atoms with Crippen molar-refractivity contribution >= 4 is 22.4 Å². The quantitative estimate of drug-likeness (QED) is 0.367. The van der Waals surface area contributed by atoms with Crippen molar-refractivity contribution in [2.75, 3.05) is 5.32 Å². The van der Waals surface area contributed by atoms with Gasteiger partial charge >= 0.3 is 0 Å². The van der Waals surface area contributed by atoms with Gasteiger partial charge in [0.25, 0.3) is 0 Å². The molecule has 1 aliphatic heterocycles. The molecule has 1 N–H and O–H groups in total. The van der Waals surface area contributed by atoms with Crippen molar-refractivity contribution < 1.29 is 0 Å². The number of hydrogen-bond donors (Lipinski definition) is 1. The smallest absolute Gasteiger partial charge is 0.0892 e. The lowest BCUT2D eigenvalue weighted by atomic mass is 9.99. The van der Waals surface area contributed by atoms with Crippen molar-refractivity contribution in [1.82, 2.24) is 9.55 Å². The van der Waals surface area contributed by atoms with Crippen molar-refractivity contribution in [3.05, 3.63) is 97.2 Å². The zero-order chi connectivity index (χ0) is 18.5. The minimum atomic E-state index is 0.997. The molecule has 0 aliphatic carbocycles. The summed E-state index contributed by atoms with van der Waals surface area (Å²) in [5.74, 6) is 0. The van der Waals surface area contributed by atoms with Gasteiger partial charge in [-0.2, -0.15) is 0 Å². The first-order valence-corrected chi connectivity index (χ1v) is 9.42. The van der Waals surface area contributed by atoms with Crippen LogP contribution in [0, 0.1) is 0 Å². The molecule has 0 unspecified atom stereocenters. The van der Waals surface area contributed by atoms with Gasteiger partial charge in [0.1, 0.15) is 0 Å². The molecule has 0 radical (unpaired) electrons. The van der Waals surface area contributed by atoms with Crippen molar-refractivity contribution in [1.29, 1.82) is 0 Å². The first-order chi connectivity index (χ1) is 13.9. The maximum absolute atomic E-state index is 5.10. The molecule has 3 aromatic carbocycles. The third-order valence-corrected chi connectivity index (χ3v) is 5.38. The van der Waals surface area contributed by atoms with E-state index in [1.54, 1.807) is 0 Å². The number of hydrogen-bond acceptors (Lipinski definition) is 2. The third kappa shape index (κ3) is 2.20. The van der Waals surface area contributed by atoms with Gasteiger partial charge in [-0.3, -0.25) is 0 Å². The monoisotopic (exact) mass is 359 g/mol. The van der Waals surface area contributed by atoms with Gasteiger partial charge in [0.2, 0.25) is 0 Å². The fraction of sp³-hybridized carbons (Fsp3) is 0. The van der Waals surface area contributed by atoms with Crippen LogP contribution in [0.5, 0.6) is 0 Å². The van der Waals surface area contributed by atoms with E-state index in [4.69, 9.17) is 4.98 Å². The molecule has 28 heavy (non-hydrogen) atoms. The van der Waals surface area contributed by atoms with E-state index >= 15 is 0 Å². The van der Waals surface area contributed by atoms with E-state index in [2.05, 4.69) is 101 Å². The van der Waals surface area contributed by atoms with E-state index in [0.29, 0.717) is 0 Å². The van der Waals surface area contributed by atoms with Gasteiger partial charge in [-0.15, -0.1) is 0 Å².